The quantitative estimate of drug-likeness (QED) is 0.200. The smallest absolute Gasteiger partial charge is 0.143 e. The lowest BCUT2D eigenvalue weighted by Crippen LogP contribution is -2.10. The Kier molecular flexibility index (Phi) is 5.57. The number of furan rings is 1. The highest BCUT2D eigenvalue weighted by atomic mass is 16.3. The van der Waals surface area contributed by atoms with E-state index in [4.69, 9.17) is 4.42 Å². The topological polar surface area (TPSA) is 21.3 Å². The van der Waals surface area contributed by atoms with Crippen LogP contribution in [0.2, 0.25) is 0 Å². The molecule has 0 aliphatic carbocycles. The van der Waals surface area contributed by atoms with Crippen molar-refractivity contribution in [2.75, 3.05) is 4.90 Å². The molecular formula is C44H28N2O. The van der Waals surface area contributed by atoms with Gasteiger partial charge in [0, 0.05) is 32.9 Å². The number of fused-ring (bicyclic) bond motifs is 9. The standard InChI is InChI=1S/C44H28N2O/c1-3-16-32(17-4-1)45(39-23-12-24-41-43(39)35-26-25-29-13-9-10-20-34(29)44(35)47-41)37-21-11-22-38-42(37)36-27-30-14-7-8-15-31(30)28-40(36)46(38)33-18-5-2-6-19-33/h1-28H. The van der Waals surface area contributed by atoms with Gasteiger partial charge in [0.2, 0.25) is 0 Å². The summed E-state index contributed by atoms with van der Waals surface area (Å²) >= 11 is 0. The summed E-state index contributed by atoms with van der Waals surface area (Å²) in [6.07, 6.45) is 0. The van der Waals surface area contributed by atoms with E-state index in [9.17, 15) is 0 Å². The van der Waals surface area contributed by atoms with Gasteiger partial charge >= 0.3 is 0 Å². The Morgan fingerprint density at radius 1 is 0.426 bits per heavy atom. The Labute approximate surface area is 271 Å². The van der Waals surface area contributed by atoms with Gasteiger partial charge < -0.3 is 13.9 Å². The lowest BCUT2D eigenvalue weighted by molar-refractivity contribution is 0.672. The maximum absolute atomic E-state index is 6.67. The number of nitrogens with zero attached hydrogens (tertiary/aromatic N) is 2. The van der Waals surface area contributed by atoms with Crippen molar-refractivity contribution in [2.24, 2.45) is 0 Å². The fourth-order valence-corrected chi connectivity index (χ4v) is 7.48. The van der Waals surface area contributed by atoms with Crippen LogP contribution in [0.4, 0.5) is 17.1 Å². The summed E-state index contributed by atoms with van der Waals surface area (Å²) in [4.78, 5) is 2.42. The normalized spacial score (nSPS) is 11.8. The summed E-state index contributed by atoms with van der Waals surface area (Å²) in [6.45, 7) is 0. The Morgan fingerprint density at radius 3 is 1.89 bits per heavy atom. The average molecular weight is 601 g/mol. The molecule has 2 aromatic heterocycles. The first-order chi connectivity index (χ1) is 23.3. The molecule has 0 saturated heterocycles. The minimum Gasteiger partial charge on any atom is -0.455 e. The molecule has 0 bridgehead atoms. The molecule has 0 atom stereocenters. The van der Waals surface area contributed by atoms with E-state index in [1.807, 2.05) is 0 Å². The first-order valence-corrected chi connectivity index (χ1v) is 16.0. The minimum absolute atomic E-state index is 0.875. The first-order valence-electron chi connectivity index (χ1n) is 16.0. The molecule has 0 spiro atoms. The number of rotatable bonds is 4. The van der Waals surface area contributed by atoms with Crippen LogP contribution in [0.15, 0.2) is 174 Å². The highest BCUT2D eigenvalue weighted by molar-refractivity contribution is 6.23. The summed E-state index contributed by atoms with van der Waals surface area (Å²) in [5, 5.41) is 9.38. The molecule has 0 aliphatic heterocycles. The molecule has 0 fully saturated rings. The van der Waals surface area contributed by atoms with E-state index in [1.165, 1.54) is 32.4 Å². The van der Waals surface area contributed by atoms with Crippen LogP contribution in [-0.4, -0.2) is 4.57 Å². The summed E-state index contributed by atoms with van der Waals surface area (Å²) in [5.41, 5.74) is 8.57. The maximum Gasteiger partial charge on any atom is 0.143 e. The summed E-state index contributed by atoms with van der Waals surface area (Å²) in [6, 6.07) is 60.7. The predicted octanol–water partition coefficient (Wildman–Crippen LogP) is 12.5. The number of anilines is 3. The molecule has 10 aromatic rings. The van der Waals surface area contributed by atoms with E-state index in [2.05, 4.69) is 179 Å². The van der Waals surface area contributed by atoms with Gasteiger partial charge in [-0.1, -0.05) is 103 Å². The van der Waals surface area contributed by atoms with Gasteiger partial charge in [0.25, 0.3) is 0 Å². The van der Waals surface area contributed by atoms with Crippen molar-refractivity contribution in [3.05, 3.63) is 170 Å². The van der Waals surface area contributed by atoms with Gasteiger partial charge in [-0.15, -0.1) is 0 Å². The lowest BCUT2D eigenvalue weighted by atomic mass is 10.0. The second kappa shape index (κ2) is 10.1. The zero-order chi connectivity index (χ0) is 30.9. The Morgan fingerprint density at radius 2 is 1.09 bits per heavy atom. The molecule has 220 valence electrons. The maximum atomic E-state index is 6.67. The molecule has 3 heteroatoms. The van der Waals surface area contributed by atoms with Crippen LogP contribution >= 0.6 is 0 Å². The van der Waals surface area contributed by atoms with Crippen LogP contribution in [0.1, 0.15) is 0 Å². The zero-order valence-electron chi connectivity index (χ0n) is 25.5. The summed E-state index contributed by atoms with van der Waals surface area (Å²) in [5.74, 6) is 0. The number of hydrogen-bond acceptors (Lipinski definition) is 2. The third kappa shape index (κ3) is 3.87. The molecule has 0 aliphatic rings. The van der Waals surface area contributed by atoms with Crippen LogP contribution in [0.5, 0.6) is 0 Å². The molecule has 47 heavy (non-hydrogen) atoms. The average Bonchev–Trinajstić information content (AvgIpc) is 3.68. The van der Waals surface area contributed by atoms with Crippen molar-refractivity contribution < 1.29 is 4.42 Å². The van der Waals surface area contributed by atoms with Crippen molar-refractivity contribution in [2.45, 2.75) is 0 Å². The zero-order valence-corrected chi connectivity index (χ0v) is 25.5. The Balaban J connectivity index is 1.35. The molecule has 0 amide bonds. The molecular weight excluding hydrogens is 572 g/mol. The highest BCUT2D eigenvalue weighted by Gasteiger charge is 2.24. The van der Waals surface area contributed by atoms with Crippen molar-refractivity contribution in [3.63, 3.8) is 0 Å². The van der Waals surface area contributed by atoms with Gasteiger partial charge in [0.05, 0.1) is 27.8 Å². The van der Waals surface area contributed by atoms with Crippen LogP contribution in [-0.2, 0) is 0 Å². The number of para-hydroxylation sites is 2. The van der Waals surface area contributed by atoms with Crippen molar-refractivity contribution >= 4 is 82.4 Å². The van der Waals surface area contributed by atoms with Crippen molar-refractivity contribution in [1.29, 1.82) is 0 Å². The monoisotopic (exact) mass is 600 g/mol. The van der Waals surface area contributed by atoms with Gasteiger partial charge in [0.15, 0.2) is 0 Å². The second-order valence-corrected chi connectivity index (χ2v) is 12.1. The molecule has 10 rings (SSSR count). The van der Waals surface area contributed by atoms with E-state index in [0.29, 0.717) is 0 Å². The van der Waals surface area contributed by atoms with Gasteiger partial charge in [0.1, 0.15) is 11.2 Å². The molecule has 8 aromatic carbocycles. The molecule has 0 unspecified atom stereocenters. The third-order valence-electron chi connectivity index (χ3n) is 9.51. The van der Waals surface area contributed by atoms with E-state index in [0.717, 1.165) is 55.6 Å². The van der Waals surface area contributed by atoms with Gasteiger partial charge in [-0.05, 0) is 82.9 Å². The summed E-state index contributed by atoms with van der Waals surface area (Å²) < 4.78 is 9.07. The lowest BCUT2D eigenvalue weighted by Gasteiger charge is -2.27. The SMILES string of the molecule is c1ccc(N(c2cccc3oc4c5ccccc5ccc4c23)c2cccc3c2c2cc4ccccc4cc2n3-c2ccccc2)cc1. The van der Waals surface area contributed by atoms with E-state index in [1.54, 1.807) is 0 Å². The molecule has 0 radical (unpaired) electrons. The van der Waals surface area contributed by atoms with E-state index in [-0.39, 0.29) is 0 Å². The second-order valence-electron chi connectivity index (χ2n) is 12.1. The van der Waals surface area contributed by atoms with Crippen LogP contribution < -0.4 is 4.90 Å². The van der Waals surface area contributed by atoms with Crippen LogP contribution in [0.3, 0.4) is 0 Å². The minimum atomic E-state index is 0.875. The molecule has 2 heterocycles. The Bertz CT molecular complexity index is 2790. The highest BCUT2D eigenvalue weighted by Crippen LogP contribution is 2.48. The van der Waals surface area contributed by atoms with E-state index < -0.39 is 0 Å². The van der Waals surface area contributed by atoms with Crippen molar-refractivity contribution in [1.82, 2.24) is 4.57 Å². The molecule has 3 nitrogen and oxygen atoms in total. The third-order valence-corrected chi connectivity index (χ3v) is 9.51. The predicted molar refractivity (Wildman–Crippen MR) is 198 cm³/mol. The molecule has 0 saturated carbocycles. The van der Waals surface area contributed by atoms with Crippen molar-refractivity contribution in [3.8, 4) is 5.69 Å². The van der Waals surface area contributed by atoms with Gasteiger partial charge in [-0.3, -0.25) is 0 Å². The Hall–Kier alpha value is -6.32. The van der Waals surface area contributed by atoms with Gasteiger partial charge in [-0.2, -0.15) is 0 Å². The molecule has 0 N–H and O–H groups in total. The van der Waals surface area contributed by atoms with E-state index >= 15 is 0 Å². The fraction of sp³-hybridized carbons (Fsp3) is 0. The van der Waals surface area contributed by atoms with Gasteiger partial charge in [-0.25, -0.2) is 0 Å². The number of hydrogen-bond donors (Lipinski definition) is 0. The summed E-state index contributed by atoms with van der Waals surface area (Å²) in [7, 11) is 0. The first kappa shape index (κ1) is 26.0. The number of benzene rings is 8. The largest absolute Gasteiger partial charge is 0.455 e. The van der Waals surface area contributed by atoms with Crippen LogP contribution in [0.25, 0.3) is 71.0 Å². The van der Waals surface area contributed by atoms with Crippen LogP contribution in [0, 0.1) is 0 Å². The fourth-order valence-electron chi connectivity index (χ4n) is 7.48. The number of aromatic nitrogens is 1.